The molecule has 0 fully saturated rings. The largest absolute Gasteiger partial charge is 0.454 e. The summed E-state index contributed by atoms with van der Waals surface area (Å²) in [7, 11) is 0. The number of nitrogens with two attached hydrogens (primary N) is 1. The molecule has 0 bridgehead atoms. The minimum Gasteiger partial charge on any atom is -0.454 e. The third-order valence-corrected chi connectivity index (χ3v) is 3.30. The predicted molar refractivity (Wildman–Crippen MR) is 72.0 cm³/mol. The fourth-order valence-corrected chi connectivity index (χ4v) is 2.26. The van der Waals surface area contributed by atoms with Crippen LogP contribution in [0.4, 0.5) is 0 Å². The Labute approximate surface area is 113 Å². The topological polar surface area (TPSA) is 73.6 Å². The normalized spacial score (nSPS) is 16.1. The molecular weight excluding hydrogens is 244 g/mol. The van der Waals surface area contributed by atoms with E-state index in [1.807, 2.05) is 25.1 Å². The van der Waals surface area contributed by atoms with E-state index in [1.165, 1.54) is 0 Å². The zero-order chi connectivity index (χ0) is 13.9. The van der Waals surface area contributed by atoms with Gasteiger partial charge in [0, 0.05) is 12.0 Å². The average Bonchev–Trinajstić information content (AvgIpc) is 2.82. The van der Waals surface area contributed by atoms with E-state index in [0.717, 1.165) is 24.3 Å². The minimum absolute atomic E-state index is 0.243. The van der Waals surface area contributed by atoms with Gasteiger partial charge < -0.3 is 20.5 Å². The minimum atomic E-state index is -0.483. The number of ether oxygens (including phenoxy) is 2. The van der Waals surface area contributed by atoms with Crippen LogP contribution < -0.4 is 20.5 Å². The van der Waals surface area contributed by atoms with E-state index in [4.69, 9.17) is 15.2 Å². The van der Waals surface area contributed by atoms with Gasteiger partial charge in [-0.3, -0.25) is 4.79 Å². The Morgan fingerprint density at radius 1 is 1.42 bits per heavy atom. The van der Waals surface area contributed by atoms with Crippen molar-refractivity contribution >= 4 is 5.91 Å². The number of benzene rings is 1. The Morgan fingerprint density at radius 3 is 2.84 bits per heavy atom. The lowest BCUT2D eigenvalue weighted by Crippen LogP contribution is -2.43. The number of hydrogen-bond donors (Lipinski definition) is 2. The maximum absolute atomic E-state index is 11.3. The highest BCUT2D eigenvalue weighted by Crippen LogP contribution is 2.36. The van der Waals surface area contributed by atoms with Crippen molar-refractivity contribution in [3.8, 4) is 11.5 Å². The molecule has 0 aliphatic carbocycles. The van der Waals surface area contributed by atoms with E-state index in [2.05, 4.69) is 12.2 Å². The van der Waals surface area contributed by atoms with Gasteiger partial charge in [0.1, 0.15) is 0 Å². The maximum Gasteiger partial charge on any atom is 0.231 e. The monoisotopic (exact) mass is 264 g/mol. The van der Waals surface area contributed by atoms with E-state index in [-0.39, 0.29) is 19.1 Å². The van der Waals surface area contributed by atoms with Gasteiger partial charge in [-0.2, -0.15) is 0 Å². The number of primary amides is 1. The van der Waals surface area contributed by atoms with E-state index in [0.29, 0.717) is 5.75 Å². The standard InChI is InChI=1S/C14H20N2O3/c1-3-6-16-14(2,8-13(15)17)10-4-5-11-12(7-10)19-9-18-11/h4-5,7,16H,3,6,8-9H2,1-2H3,(H2,15,17). The highest BCUT2D eigenvalue weighted by molar-refractivity contribution is 5.75. The Bertz CT molecular complexity index is 476. The lowest BCUT2D eigenvalue weighted by molar-refractivity contribution is -0.119. The molecule has 0 saturated heterocycles. The summed E-state index contributed by atoms with van der Waals surface area (Å²) in [6, 6.07) is 5.72. The van der Waals surface area contributed by atoms with Crippen molar-refractivity contribution in [3.05, 3.63) is 23.8 Å². The smallest absolute Gasteiger partial charge is 0.231 e. The molecule has 0 aromatic heterocycles. The molecule has 1 unspecified atom stereocenters. The summed E-state index contributed by atoms with van der Waals surface area (Å²) in [5, 5.41) is 3.39. The van der Waals surface area contributed by atoms with Crippen LogP contribution in [0.15, 0.2) is 18.2 Å². The molecule has 5 heteroatoms. The van der Waals surface area contributed by atoms with Crippen molar-refractivity contribution < 1.29 is 14.3 Å². The van der Waals surface area contributed by atoms with Crippen molar-refractivity contribution in [2.45, 2.75) is 32.2 Å². The second-order valence-corrected chi connectivity index (χ2v) is 4.97. The number of hydrogen-bond acceptors (Lipinski definition) is 4. The number of amides is 1. The molecule has 1 aromatic rings. The summed E-state index contributed by atoms with van der Waals surface area (Å²) in [5.74, 6) is 1.12. The molecule has 2 rings (SSSR count). The molecule has 1 aliphatic rings. The summed E-state index contributed by atoms with van der Waals surface area (Å²) in [4.78, 5) is 11.3. The van der Waals surface area contributed by atoms with Crippen LogP contribution in [0.5, 0.6) is 11.5 Å². The number of nitrogens with one attached hydrogen (secondary N) is 1. The van der Waals surface area contributed by atoms with Gasteiger partial charge in [0.15, 0.2) is 11.5 Å². The Morgan fingerprint density at radius 2 is 2.16 bits per heavy atom. The highest BCUT2D eigenvalue weighted by Gasteiger charge is 2.29. The van der Waals surface area contributed by atoms with Crippen LogP contribution in [-0.2, 0) is 10.3 Å². The zero-order valence-electron chi connectivity index (χ0n) is 11.4. The SMILES string of the molecule is CCCNC(C)(CC(N)=O)c1ccc2c(c1)OCO2. The van der Waals surface area contributed by atoms with Gasteiger partial charge in [-0.05, 0) is 37.6 Å². The molecule has 5 nitrogen and oxygen atoms in total. The fraction of sp³-hybridized carbons (Fsp3) is 0.500. The molecule has 19 heavy (non-hydrogen) atoms. The van der Waals surface area contributed by atoms with Crippen LogP contribution in [0.1, 0.15) is 32.3 Å². The van der Waals surface area contributed by atoms with Crippen LogP contribution in [0.25, 0.3) is 0 Å². The number of rotatable bonds is 6. The van der Waals surface area contributed by atoms with Gasteiger partial charge in [0.05, 0.1) is 0 Å². The summed E-state index contributed by atoms with van der Waals surface area (Å²) < 4.78 is 10.7. The van der Waals surface area contributed by atoms with Crippen molar-refractivity contribution in [2.24, 2.45) is 5.73 Å². The molecule has 1 heterocycles. The maximum atomic E-state index is 11.3. The van der Waals surface area contributed by atoms with Gasteiger partial charge in [0.2, 0.25) is 12.7 Å². The lowest BCUT2D eigenvalue weighted by atomic mass is 9.88. The molecule has 1 amide bonds. The number of fused-ring (bicyclic) bond motifs is 1. The molecule has 0 radical (unpaired) electrons. The molecule has 0 spiro atoms. The molecule has 104 valence electrons. The first-order valence-corrected chi connectivity index (χ1v) is 6.48. The van der Waals surface area contributed by atoms with Gasteiger partial charge >= 0.3 is 0 Å². The number of carbonyl (C=O) groups is 1. The first-order valence-electron chi connectivity index (χ1n) is 6.48. The fourth-order valence-electron chi connectivity index (χ4n) is 2.26. The van der Waals surface area contributed by atoms with E-state index < -0.39 is 5.54 Å². The predicted octanol–water partition coefficient (Wildman–Crippen LogP) is 1.51. The van der Waals surface area contributed by atoms with Crippen molar-refractivity contribution in [1.82, 2.24) is 5.32 Å². The van der Waals surface area contributed by atoms with E-state index in [1.54, 1.807) is 0 Å². The van der Waals surface area contributed by atoms with Crippen LogP contribution in [0, 0.1) is 0 Å². The summed E-state index contributed by atoms with van der Waals surface area (Å²) in [6.07, 6.45) is 1.23. The van der Waals surface area contributed by atoms with Gasteiger partial charge in [0.25, 0.3) is 0 Å². The van der Waals surface area contributed by atoms with E-state index >= 15 is 0 Å². The third-order valence-electron chi connectivity index (χ3n) is 3.30. The number of carbonyl (C=O) groups excluding carboxylic acids is 1. The second kappa shape index (κ2) is 5.48. The molecule has 0 saturated carbocycles. The Hall–Kier alpha value is -1.75. The zero-order valence-corrected chi connectivity index (χ0v) is 11.4. The van der Waals surface area contributed by atoms with Gasteiger partial charge in [-0.1, -0.05) is 13.0 Å². The summed E-state index contributed by atoms with van der Waals surface area (Å²) >= 11 is 0. The highest BCUT2D eigenvalue weighted by atomic mass is 16.7. The van der Waals surface area contributed by atoms with Crippen LogP contribution in [0.2, 0.25) is 0 Å². The second-order valence-electron chi connectivity index (χ2n) is 4.97. The van der Waals surface area contributed by atoms with Gasteiger partial charge in [-0.25, -0.2) is 0 Å². The molecular formula is C14H20N2O3. The summed E-state index contributed by atoms with van der Waals surface area (Å²) in [5.41, 5.74) is 5.86. The Kier molecular flexibility index (Phi) is 3.95. The van der Waals surface area contributed by atoms with Crippen LogP contribution >= 0.6 is 0 Å². The first kappa shape index (κ1) is 13.7. The average molecular weight is 264 g/mol. The molecule has 1 aromatic carbocycles. The Balaban J connectivity index is 2.29. The molecule has 1 aliphatic heterocycles. The van der Waals surface area contributed by atoms with Crippen molar-refractivity contribution in [2.75, 3.05) is 13.3 Å². The van der Waals surface area contributed by atoms with Crippen molar-refractivity contribution in [3.63, 3.8) is 0 Å². The van der Waals surface area contributed by atoms with Crippen LogP contribution in [-0.4, -0.2) is 19.2 Å². The van der Waals surface area contributed by atoms with Gasteiger partial charge in [-0.15, -0.1) is 0 Å². The molecule has 3 N–H and O–H groups in total. The summed E-state index contributed by atoms with van der Waals surface area (Å²) in [6.45, 7) is 5.12. The quantitative estimate of drug-likeness (QED) is 0.816. The van der Waals surface area contributed by atoms with Crippen molar-refractivity contribution in [1.29, 1.82) is 0 Å². The lowest BCUT2D eigenvalue weighted by Gasteiger charge is -2.30. The third kappa shape index (κ3) is 2.98. The van der Waals surface area contributed by atoms with E-state index in [9.17, 15) is 4.79 Å². The first-order chi connectivity index (χ1) is 9.05. The molecule has 1 atom stereocenters. The van der Waals surface area contributed by atoms with Crippen LogP contribution in [0.3, 0.4) is 0 Å².